The topological polar surface area (TPSA) is 64.0 Å². The zero-order valence-electron chi connectivity index (χ0n) is 14.8. The maximum absolute atomic E-state index is 13.0. The molecule has 0 fully saturated rings. The number of aromatic nitrogens is 2. The van der Waals surface area contributed by atoms with Crippen molar-refractivity contribution in [3.63, 3.8) is 0 Å². The summed E-state index contributed by atoms with van der Waals surface area (Å²) in [5.41, 5.74) is 2.54. The Hall–Kier alpha value is -3.44. The van der Waals surface area contributed by atoms with Gasteiger partial charge in [0.2, 0.25) is 11.7 Å². The van der Waals surface area contributed by atoms with Crippen molar-refractivity contribution < 1.29 is 9.59 Å². The number of anilines is 1. The standard InChI is InChI=1S/C22H16ClN3O2/c23-16-12-10-15(11-13-16)21(28)22-25-18-8-4-5-9-19(18)26(22)14-20(27)24-17-6-2-1-3-7-17/h1-13H,14H2,(H,24,27). The van der Waals surface area contributed by atoms with Gasteiger partial charge in [0.15, 0.2) is 5.82 Å². The SMILES string of the molecule is O=C(Cn1c(C(=O)c2ccc(Cl)cc2)nc2ccccc21)Nc1ccccc1. The van der Waals surface area contributed by atoms with Gasteiger partial charge in [-0.2, -0.15) is 0 Å². The van der Waals surface area contributed by atoms with E-state index in [1.54, 1.807) is 28.8 Å². The molecule has 1 aromatic heterocycles. The Balaban J connectivity index is 1.70. The Morgan fingerprint density at radius 3 is 2.32 bits per heavy atom. The third-order valence-electron chi connectivity index (χ3n) is 4.32. The van der Waals surface area contributed by atoms with Crippen molar-refractivity contribution in [1.29, 1.82) is 0 Å². The summed E-state index contributed by atoms with van der Waals surface area (Å²) >= 11 is 5.92. The number of imidazole rings is 1. The van der Waals surface area contributed by atoms with Gasteiger partial charge < -0.3 is 9.88 Å². The van der Waals surface area contributed by atoms with Crippen LogP contribution in [0.4, 0.5) is 5.69 Å². The third kappa shape index (κ3) is 3.66. The fourth-order valence-corrected chi connectivity index (χ4v) is 3.13. The lowest BCUT2D eigenvalue weighted by molar-refractivity contribution is -0.116. The highest BCUT2D eigenvalue weighted by Gasteiger charge is 2.20. The maximum Gasteiger partial charge on any atom is 0.244 e. The highest BCUT2D eigenvalue weighted by atomic mass is 35.5. The van der Waals surface area contributed by atoms with E-state index < -0.39 is 0 Å². The molecule has 4 aromatic rings. The molecule has 0 bridgehead atoms. The average molecular weight is 390 g/mol. The van der Waals surface area contributed by atoms with Crippen LogP contribution in [-0.4, -0.2) is 21.2 Å². The number of carbonyl (C=O) groups excluding carboxylic acids is 2. The van der Waals surface area contributed by atoms with Crippen LogP contribution < -0.4 is 5.32 Å². The molecule has 0 aliphatic rings. The predicted octanol–water partition coefficient (Wildman–Crippen LogP) is 4.56. The van der Waals surface area contributed by atoms with Crippen molar-refractivity contribution in [2.45, 2.75) is 6.54 Å². The van der Waals surface area contributed by atoms with Crippen molar-refractivity contribution in [3.05, 3.63) is 95.3 Å². The lowest BCUT2D eigenvalue weighted by Gasteiger charge is -2.10. The van der Waals surface area contributed by atoms with E-state index in [0.717, 1.165) is 5.52 Å². The molecule has 5 nitrogen and oxygen atoms in total. The van der Waals surface area contributed by atoms with Gasteiger partial charge in [-0.05, 0) is 48.5 Å². The van der Waals surface area contributed by atoms with E-state index in [4.69, 9.17) is 11.6 Å². The molecule has 4 rings (SSSR count). The van der Waals surface area contributed by atoms with Crippen molar-refractivity contribution in [2.75, 3.05) is 5.32 Å². The molecule has 0 atom stereocenters. The molecule has 3 aromatic carbocycles. The highest BCUT2D eigenvalue weighted by molar-refractivity contribution is 6.30. The van der Waals surface area contributed by atoms with E-state index in [9.17, 15) is 9.59 Å². The predicted molar refractivity (Wildman–Crippen MR) is 110 cm³/mol. The number of hydrogen-bond donors (Lipinski definition) is 1. The fraction of sp³-hybridized carbons (Fsp3) is 0.0455. The molecule has 0 unspecified atom stereocenters. The monoisotopic (exact) mass is 389 g/mol. The van der Waals surface area contributed by atoms with Crippen LogP contribution in [0.25, 0.3) is 11.0 Å². The number of benzene rings is 3. The van der Waals surface area contributed by atoms with E-state index in [-0.39, 0.29) is 24.1 Å². The Morgan fingerprint density at radius 2 is 1.57 bits per heavy atom. The smallest absolute Gasteiger partial charge is 0.244 e. The number of amides is 1. The van der Waals surface area contributed by atoms with Crippen molar-refractivity contribution in [1.82, 2.24) is 9.55 Å². The normalized spacial score (nSPS) is 10.8. The lowest BCUT2D eigenvalue weighted by Crippen LogP contribution is -2.22. The van der Waals surface area contributed by atoms with Crippen LogP contribution in [0.2, 0.25) is 5.02 Å². The minimum absolute atomic E-state index is 0.0237. The number of carbonyl (C=O) groups is 2. The molecule has 0 saturated carbocycles. The van der Waals surface area contributed by atoms with Crippen LogP contribution in [0, 0.1) is 0 Å². The van der Waals surface area contributed by atoms with Crippen LogP contribution in [0.15, 0.2) is 78.9 Å². The molecule has 1 amide bonds. The number of nitrogens with zero attached hydrogens (tertiary/aromatic N) is 2. The second-order valence-corrected chi connectivity index (χ2v) is 6.70. The van der Waals surface area contributed by atoms with Crippen LogP contribution in [0.5, 0.6) is 0 Å². The van der Waals surface area contributed by atoms with Gasteiger partial charge in [-0.25, -0.2) is 4.98 Å². The molecule has 6 heteroatoms. The van der Waals surface area contributed by atoms with Crippen LogP contribution >= 0.6 is 11.6 Å². The Morgan fingerprint density at radius 1 is 0.893 bits per heavy atom. The number of fused-ring (bicyclic) bond motifs is 1. The molecule has 1 heterocycles. The van der Waals surface area contributed by atoms with Gasteiger partial charge in [0.1, 0.15) is 6.54 Å². The molecule has 1 N–H and O–H groups in total. The average Bonchev–Trinajstić information content (AvgIpc) is 3.07. The second kappa shape index (κ2) is 7.66. The van der Waals surface area contributed by atoms with Crippen LogP contribution in [0.1, 0.15) is 16.2 Å². The van der Waals surface area contributed by atoms with E-state index in [1.165, 1.54) is 0 Å². The summed E-state index contributed by atoms with van der Waals surface area (Å²) in [4.78, 5) is 30.1. The summed E-state index contributed by atoms with van der Waals surface area (Å²) in [5.74, 6) is -0.286. The molecule has 0 radical (unpaired) electrons. The molecule has 138 valence electrons. The van der Waals surface area contributed by atoms with Crippen molar-refractivity contribution in [3.8, 4) is 0 Å². The molecule has 28 heavy (non-hydrogen) atoms. The summed E-state index contributed by atoms with van der Waals surface area (Å²) in [6, 6.07) is 23.2. The van der Waals surface area contributed by atoms with Gasteiger partial charge in [0.05, 0.1) is 11.0 Å². The summed E-state index contributed by atoms with van der Waals surface area (Å²) in [6.07, 6.45) is 0. The first-order valence-corrected chi connectivity index (χ1v) is 9.10. The first kappa shape index (κ1) is 17.9. The molecule has 0 aliphatic carbocycles. The largest absolute Gasteiger partial charge is 0.325 e. The fourth-order valence-electron chi connectivity index (χ4n) is 3.00. The van der Waals surface area contributed by atoms with Gasteiger partial charge in [0.25, 0.3) is 0 Å². The third-order valence-corrected chi connectivity index (χ3v) is 4.58. The quantitative estimate of drug-likeness (QED) is 0.509. The molecular weight excluding hydrogens is 374 g/mol. The van der Waals surface area contributed by atoms with Gasteiger partial charge in [0, 0.05) is 16.3 Å². The zero-order chi connectivity index (χ0) is 19.5. The minimum Gasteiger partial charge on any atom is -0.325 e. The van der Waals surface area contributed by atoms with Gasteiger partial charge in [-0.3, -0.25) is 9.59 Å². The summed E-state index contributed by atoms with van der Waals surface area (Å²) in [7, 11) is 0. The van der Waals surface area contributed by atoms with E-state index in [0.29, 0.717) is 21.8 Å². The van der Waals surface area contributed by atoms with Gasteiger partial charge >= 0.3 is 0 Å². The van der Waals surface area contributed by atoms with Gasteiger partial charge in [-0.1, -0.05) is 41.9 Å². The second-order valence-electron chi connectivity index (χ2n) is 6.26. The summed E-state index contributed by atoms with van der Waals surface area (Å²) in [5, 5.41) is 3.39. The number of rotatable bonds is 5. The lowest BCUT2D eigenvalue weighted by atomic mass is 10.1. The number of halogens is 1. The van der Waals surface area contributed by atoms with E-state index in [1.807, 2.05) is 54.6 Å². The van der Waals surface area contributed by atoms with E-state index in [2.05, 4.69) is 10.3 Å². The Kier molecular flexibility index (Phi) is 4.91. The highest BCUT2D eigenvalue weighted by Crippen LogP contribution is 2.20. The van der Waals surface area contributed by atoms with Crippen LogP contribution in [-0.2, 0) is 11.3 Å². The van der Waals surface area contributed by atoms with E-state index >= 15 is 0 Å². The number of nitrogens with one attached hydrogen (secondary N) is 1. The van der Waals surface area contributed by atoms with Crippen molar-refractivity contribution >= 4 is 40.0 Å². The summed E-state index contributed by atoms with van der Waals surface area (Å²) < 4.78 is 1.64. The molecular formula is C22H16ClN3O2. The van der Waals surface area contributed by atoms with Gasteiger partial charge in [-0.15, -0.1) is 0 Å². The summed E-state index contributed by atoms with van der Waals surface area (Å²) in [6.45, 7) is -0.0237. The molecule has 0 saturated heterocycles. The minimum atomic E-state index is -0.264. The Labute approximate surface area is 166 Å². The number of hydrogen-bond acceptors (Lipinski definition) is 3. The molecule has 0 aliphatic heterocycles. The molecule has 0 spiro atoms. The first-order chi connectivity index (χ1) is 13.6. The number of ketones is 1. The van der Waals surface area contributed by atoms with Crippen LogP contribution in [0.3, 0.4) is 0 Å². The Bertz CT molecular complexity index is 1150. The maximum atomic E-state index is 13.0. The number of para-hydroxylation sites is 3. The first-order valence-electron chi connectivity index (χ1n) is 8.72. The van der Waals surface area contributed by atoms with Crippen molar-refractivity contribution in [2.24, 2.45) is 0 Å². The zero-order valence-corrected chi connectivity index (χ0v) is 15.6.